The number of hydrogen-bond donors (Lipinski definition) is 0. The van der Waals surface area contributed by atoms with Crippen molar-refractivity contribution in [3.05, 3.63) is 57.6 Å². The maximum atomic E-state index is 14.7. The Morgan fingerprint density at radius 1 is 1.28 bits per heavy atom. The van der Waals surface area contributed by atoms with Crippen LogP contribution in [0.1, 0.15) is 37.5 Å². The summed E-state index contributed by atoms with van der Waals surface area (Å²) < 4.78 is 28.6. The summed E-state index contributed by atoms with van der Waals surface area (Å²) in [5, 5.41) is 8.07. The second-order valence-electron chi connectivity index (χ2n) is 7.80. The highest BCUT2D eigenvalue weighted by Crippen LogP contribution is 2.33. The van der Waals surface area contributed by atoms with E-state index in [1.165, 1.54) is 17.3 Å². The monoisotopic (exact) mass is 462 g/mol. The number of halogens is 2. The quantitative estimate of drug-likeness (QED) is 0.488. The molecule has 0 atom stereocenters. The molecule has 0 bridgehead atoms. The van der Waals surface area contributed by atoms with Crippen LogP contribution in [0.25, 0.3) is 5.65 Å². The highest BCUT2D eigenvalue weighted by atomic mass is 79.9. The fraction of sp³-hybridized carbons (Fsp3) is 0.350. The third kappa shape index (κ3) is 3.84. The minimum Gasteiger partial charge on any atom is -0.443 e. The number of pyridine rings is 1. The molecule has 3 heterocycles. The van der Waals surface area contributed by atoms with Gasteiger partial charge in [0.2, 0.25) is 0 Å². The number of hydrogen-bond acceptors (Lipinski definition) is 5. The Balaban J connectivity index is 1.94. The van der Waals surface area contributed by atoms with Crippen molar-refractivity contribution in [2.45, 2.75) is 46.1 Å². The number of amides is 1. The molecule has 0 saturated heterocycles. The van der Waals surface area contributed by atoms with E-state index >= 15 is 0 Å². The fourth-order valence-corrected chi connectivity index (χ4v) is 3.83. The molecule has 1 aliphatic heterocycles. The van der Waals surface area contributed by atoms with E-state index in [4.69, 9.17) is 9.47 Å². The van der Waals surface area contributed by atoms with Gasteiger partial charge in [-0.3, -0.25) is 9.30 Å². The summed E-state index contributed by atoms with van der Waals surface area (Å²) in [4.78, 5) is 14.6. The smallest absolute Gasteiger partial charge is 0.416 e. The van der Waals surface area contributed by atoms with E-state index in [9.17, 15) is 9.18 Å². The number of nitrogens with zero attached hydrogens (tertiary/aromatic N) is 4. The van der Waals surface area contributed by atoms with Crippen molar-refractivity contribution in [1.82, 2.24) is 14.6 Å². The lowest BCUT2D eigenvalue weighted by Crippen LogP contribution is -2.38. The Morgan fingerprint density at radius 3 is 2.79 bits per heavy atom. The molecular formula is C20H20BrFN4O3. The van der Waals surface area contributed by atoms with Gasteiger partial charge in [-0.1, -0.05) is 12.1 Å². The van der Waals surface area contributed by atoms with Crippen LogP contribution in [-0.4, -0.2) is 26.3 Å². The normalized spacial score (nSPS) is 14.6. The van der Waals surface area contributed by atoms with Gasteiger partial charge in [-0.2, -0.15) is 0 Å². The Kier molecular flexibility index (Phi) is 5.04. The standard InChI is InChI=1S/C20H20BrFN4O3/c1-20(2,3)29-19(27)25-8-14-12(5-4-6-16(14)22)9-28-10-13-7-15(21)17-24-23-11-26(17)18(13)25/h4-7,11H,8-10H2,1-3H3. The first kappa shape index (κ1) is 19.8. The number of aromatic nitrogens is 3. The van der Waals surface area contributed by atoms with Gasteiger partial charge >= 0.3 is 6.09 Å². The molecule has 0 aliphatic carbocycles. The van der Waals surface area contributed by atoms with Gasteiger partial charge < -0.3 is 9.47 Å². The van der Waals surface area contributed by atoms with Crippen LogP contribution in [0.15, 0.2) is 35.1 Å². The maximum absolute atomic E-state index is 14.7. The van der Waals surface area contributed by atoms with Crippen molar-refractivity contribution in [2.75, 3.05) is 4.90 Å². The zero-order chi connectivity index (χ0) is 20.8. The van der Waals surface area contributed by atoms with E-state index in [1.807, 2.05) is 6.07 Å². The van der Waals surface area contributed by atoms with Crippen LogP contribution in [-0.2, 0) is 29.2 Å². The summed E-state index contributed by atoms with van der Waals surface area (Å²) in [7, 11) is 0. The van der Waals surface area contributed by atoms with Crippen molar-refractivity contribution in [2.24, 2.45) is 0 Å². The molecule has 1 aromatic carbocycles. The van der Waals surface area contributed by atoms with Crippen molar-refractivity contribution in [1.29, 1.82) is 0 Å². The molecule has 152 valence electrons. The van der Waals surface area contributed by atoms with Crippen LogP contribution in [0, 0.1) is 5.82 Å². The topological polar surface area (TPSA) is 69.0 Å². The summed E-state index contributed by atoms with van der Waals surface area (Å²) in [5.74, 6) is 0.0822. The van der Waals surface area contributed by atoms with Crippen LogP contribution in [0.5, 0.6) is 0 Å². The van der Waals surface area contributed by atoms with Gasteiger partial charge in [-0.05, 0) is 54.4 Å². The van der Waals surface area contributed by atoms with Crippen molar-refractivity contribution in [3.63, 3.8) is 0 Å². The zero-order valence-corrected chi connectivity index (χ0v) is 17.9. The SMILES string of the molecule is CC(C)(C)OC(=O)N1Cc2c(F)cccc2COCc2cc(Br)c3nncn3c21. The largest absolute Gasteiger partial charge is 0.443 e. The van der Waals surface area contributed by atoms with E-state index in [0.29, 0.717) is 27.1 Å². The third-order valence-electron chi connectivity index (χ3n) is 4.49. The molecule has 0 spiro atoms. The summed E-state index contributed by atoms with van der Waals surface area (Å²) in [6.45, 7) is 5.80. The van der Waals surface area contributed by atoms with Gasteiger partial charge in [0.15, 0.2) is 5.65 Å². The Bertz CT molecular complexity index is 1090. The van der Waals surface area contributed by atoms with Crippen molar-refractivity contribution >= 4 is 33.5 Å². The molecule has 2 aromatic heterocycles. The molecule has 4 rings (SSSR count). The minimum atomic E-state index is -0.716. The maximum Gasteiger partial charge on any atom is 0.416 e. The minimum absolute atomic E-state index is 0.0117. The Labute approximate surface area is 175 Å². The second kappa shape index (κ2) is 7.38. The molecule has 0 N–H and O–H groups in total. The molecule has 9 heteroatoms. The van der Waals surface area contributed by atoms with E-state index < -0.39 is 17.5 Å². The molecule has 0 radical (unpaired) electrons. The number of ether oxygens (including phenoxy) is 2. The molecule has 1 amide bonds. The lowest BCUT2D eigenvalue weighted by Gasteiger charge is -2.29. The molecule has 3 aromatic rings. The van der Waals surface area contributed by atoms with Crippen LogP contribution >= 0.6 is 15.9 Å². The first-order valence-electron chi connectivity index (χ1n) is 9.10. The highest BCUT2D eigenvalue weighted by molar-refractivity contribution is 9.10. The van der Waals surface area contributed by atoms with Gasteiger partial charge in [-0.25, -0.2) is 9.18 Å². The van der Waals surface area contributed by atoms with E-state index in [0.717, 1.165) is 5.56 Å². The average Bonchev–Trinajstić information content (AvgIpc) is 3.12. The lowest BCUT2D eigenvalue weighted by atomic mass is 10.1. The first-order valence-corrected chi connectivity index (χ1v) is 9.89. The number of carbonyl (C=O) groups excluding carboxylic acids is 1. The molecule has 0 unspecified atom stereocenters. The molecule has 0 saturated carbocycles. The van der Waals surface area contributed by atoms with Crippen molar-refractivity contribution in [3.8, 4) is 0 Å². The molecule has 7 nitrogen and oxygen atoms in total. The second-order valence-corrected chi connectivity index (χ2v) is 8.66. The zero-order valence-electron chi connectivity index (χ0n) is 16.3. The van der Waals surface area contributed by atoms with E-state index in [-0.39, 0.29) is 19.8 Å². The first-order chi connectivity index (χ1) is 13.7. The number of anilines is 1. The average molecular weight is 463 g/mol. The summed E-state index contributed by atoms with van der Waals surface area (Å²) >= 11 is 3.49. The summed E-state index contributed by atoms with van der Waals surface area (Å²) in [6.07, 6.45) is 0.920. The Hall–Kier alpha value is -2.52. The lowest BCUT2D eigenvalue weighted by molar-refractivity contribution is 0.0575. The highest BCUT2D eigenvalue weighted by Gasteiger charge is 2.30. The van der Waals surface area contributed by atoms with Gasteiger partial charge in [0.1, 0.15) is 23.6 Å². The van der Waals surface area contributed by atoms with E-state index in [1.54, 1.807) is 37.3 Å². The Morgan fingerprint density at radius 2 is 2.03 bits per heavy atom. The molecule has 0 fully saturated rings. The van der Waals surface area contributed by atoms with Crippen molar-refractivity contribution < 1.29 is 18.7 Å². The van der Waals surface area contributed by atoms with Crippen LogP contribution in [0.4, 0.5) is 15.0 Å². The van der Waals surface area contributed by atoms with Crippen LogP contribution < -0.4 is 4.90 Å². The van der Waals surface area contributed by atoms with E-state index in [2.05, 4.69) is 26.1 Å². The fourth-order valence-electron chi connectivity index (χ4n) is 3.29. The summed E-state index contributed by atoms with van der Waals surface area (Å²) in [5.41, 5.74) is 1.61. The number of benzene rings is 1. The number of rotatable bonds is 0. The van der Waals surface area contributed by atoms with Crippen LogP contribution in [0.3, 0.4) is 0 Å². The van der Waals surface area contributed by atoms with Gasteiger partial charge in [-0.15, -0.1) is 10.2 Å². The third-order valence-corrected chi connectivity index (χ3v) is 5.08. The molecule has 1 aliphatic rings. The predicted octanol–water partition coefficient (Wildman–Crippen LogP) is 4.60. The molecular weight excluding hydrogens is 443 g/mol. The van der Waals surface area contributed by atoms with Gasteiger partial charge in [0, 0.05) is 11.1 Å². The van der Waals surface area contributed by atoms with Gasteiger partial charge in [0.05, 0.1) is 24.2 Å². The number of fused-ring (bicyclic) bond motifs is 4. The molecule has 29 heavy (non-hydrogen) atoms. The summed E-state index contributed by atoms with van der Waals surface area (Å²) in [6, 6.07) is 6.64. The number of carbonyl (C=O) groups is 1. The van der Waals surface area contributed by atoms with Crippen LogP contribution in [0.2, 0.25) is 0 Å². The predicted molar refractivity (Wildman–Crippen MR) is 108 cm³/mol. The van der Waals surface area contributed by atoms with Gasteiger partial charge in [0.25, 0.3) is 0 Å².